The van der Waals surface area contributed by atoms with E-state index in [1.807, 2.05) is 33.0 Å². The fraction of sp³-hybridized carbons (Fsp3) is 0.417. The molecule has 2 heterocycles. The van der Waals surface area contributed by atoms with Gasteiger partial charge in [0.1, 0.15) is 0 Å². The molecule has 0 aliphatic rings. The Hall–Kier alpha value is -0.840. The van der Waals surface area contributed by atoms with Crippen molar-refractivity contribution in [2.24, 2.45) is 7.05 Å². The number of aliphatic hydroxyl groups is 1. The minimum atomic E-state index is -0.513. The van der Waals surface area contributed by atoms with E-state index < -0.39 is 6.10 Å². The highest BCUT2D eigenvalue weighted by molar-refractivity contribution is 7.12. The molecule has 3 nitrogen and oxygen atoms in total. The van der Waals surface area contributed by atoms with Gasteiger partial charge in [-0.25, -0.2) is 0 Å². The van der Waals surface area contributed by atoms with Crippen molar-refractivity contribution in [3.8, 4) is 0 Å². The summed E-state index contributed by atoms with van der Waals surface area (Å²) in [6, 6.07) is 3.97. The molecule has 0 fully saturated rings. The van der Waals surface area contributed by atoms with Crippen molar-refractivity contribution in [1.82, 2.24) is 9.78 Å². The van der Waals surface area contributed by atoms with Crippen molar-refractivity contribution in [2.75, 3.05) is 0 Å². The average Bonchev–Trinajstić information content (AvgIpc) is 2.79. The number of thiophene rings is 1. The number of rotatable bonds is 3. The van der Waals surface area contributed by atoms with E-state index in [1.165, 1.54) is 4.88 Å². The molecule has 0 spiro atoms. The van der Waals surface area contributed by atoms with Crippen LogP contribution in [0.5, 0.6) is 0 Å². The summed E-state index contributed by atoms with van der Waals surface area (Å²) >= 11 is 7.77. The fourth-order valence-corrected chi connectivity index (χ4v) is 2.92. The summed E-state index contributed by atoms with van der Waals surface area (Å²) in [5.74, 6) is 0. The number of aliphatic hydroxyl groups excluding tert-OH is 1. The molecule has 0 aliphatic carbocycles. The van der Waals surface area contributed by atoms with Crippen molar-refractivity contribution in [1.29, 1.82) is 0 Å². The third-order valence-electron chi connectivity index (χ3n) is 2.74. The highest BCUT2D eigenvalue weighted by atomic mass is 35.5. The fourth-order valence-electron chi connectivity index (χ4n) is 1.82. The van der Waals surface area contributed by atoms with Crippen LogP contribution in [0.1, 0.15) is 27.2 Å². The van der Waals surface area contributed by atoms with Crippen LogP contribution in [0.4, 0.5) is 0 Å². The van der Waals surface area contributed by atoms with Gasteiger partial charge < -0.3 is 5.11 Å². The average molecular weight is 271 g/mol. The normalized spacial score (nSPS) is 13.0. The largest absolute Gasteiger partial charge is 0.387 e. The van der Waals surface area contributed by atoms with Crippen LogP contribution in [0.2, 0.25) is 5.02 Å². The Balaban J connectivity index is 2.21. The van der Waals surface area contributed by atoms with E-state index >= 15 is 0 Å². The lowest BCUT2D eigenvalue weighted by atomic mass is 10.1. The van der Waals surface area contributed by atoms with E-state index in [0.29, 0.717) is 11.4 Å². The second-order valence-electron chi connectivity index (χ2n) is 4.14. The van der Waals surface area contributed by atoms with Gasteiger partial charge in [-0.15, -0.1) is 11.3 Å². The summed E-state index contributed by atoms with van der Waals surface area (Å²) in [6.07, 6.45) is -0.0168. The number of aromatic nitrogens is 2. The first kappa shape index (κ1) is 12.6. The standard InChI is InChI=1S/C12H15ClN2OS/c1-7-4-5-11(17-7)10(16)6-9-12(13)8(2)14-15(9)3/h4-5,10,16H,6H2,1-3H3. The van der Waals surface area contributed by atoms with Crippen molar-refractivity contribution >= 4 is 22.9 Å². The molecule has 0 aliphatic heterocycles. The molecule has 1 unspecified atom stereocenters. The van der Waals surface area contributed by atoms with E-state index in [9.17, 15) is 5.11 Å². The summed E-state index contributed by atoms with van der Waals surface area (Å²) in [5.41, 5.74) is 1.68. The van der Waals surface area contributed by atoms with Crippen LogP contribution in [0.3, 0.4) is 0 Å². The summed E-state index contributed by atoms with van der Waals surface area (Å²) in [4.78, 5) is 2.17. The van der Waals surface area contributed by atoms with E-state index in [2.05, 4.69) is 5.10 Å². The summed E-state index contributed by atoms with van der Waals surface area (Å²) in [6.45, 7) is 3.90. The molecule has 17 heavy (non-hydrogen) atoms. The number of aryl methyl sites for hydroxylation is 3. The van der Waals surface area contributed by atoms with Crippen LogP contribution < -0.4 is 0 Å². The predicted octanol–water partition coefficient (Wildman–Crippen LogP) is 3.03. The number of hydrogen-bond acceptors (Lipinski definition) is 3. The van der Waals surface area contributed by atoms with Gasteiger partial charge in [0.2, 0.25) is 0 Å². The third-order valence-corrected chi connectivity index (χ3v) is 4.33. The maximum atomic E-state index is 10.2. The van der Waals surface area contributed by atoms with Crippen molar-refractivity contribution in [3.05, 3.63) is 38.3 Å². The maximum Gasteiger partial charge on any atom is 0.0937 e. The molecule has 2 rings (SSSR count). The first-order valence-electron chi connectivity index (χ1n) is 5.41. The van der Waals surface area contributed by atoms with Gasteiger partial charge >= 0.3 is 0 Å². The molecule has 0 saturated heterocycles. The molecule has 0 saturated carbocycles. The molecular weight excluding hydrogens is 256 g/mol. The Morgan fingerprint density at radius 1 is 1.47 bits per heavy atom. The number of hydrogen-bond donors (Lipinski definition) is 1. The van der Waals surface area contributed by atoms with Crippen LogP contribution in [0.15, 0.2) is 12.1 Å². The Morgan fingerprint density at radius 3 is 2.65 bits per heavy atom. The van der Waals surface area contributed by atoms with Gasteiger partial charge in [-0.3, -0.25) is 4.68 Å². The minimum Gasteiger partial charge on any atom is -0.387 e. The molecule has 0 radical (unpaired) electrons. The predicted molar refractivity (Wildman–Crippen MR) is 70.7 cm³/mol. The zero-order chi connectivity index (χ0) is 12.6. The van der Waals surface area contributed by atoms with Crippen LogP contribution in [0.25, 0.3) is 0 Å². The van der Waals surface area contributed by atoms with Crippen LogP contribution in [-0.2, 0) is 13.5 Å². The van der Waals surface area contributed by atoms with E-state index in [-0.39, 0.29) is 0 Å². The van der Waals surface area contributed by atoms with Gasteiger partial charge in [-0.2, -0.15) is 5.10 Å². The second kappa shape index (κ2) is 4.80. The van der Waals surface area contributed by atoms with Gasteiger partial charge in [0.25, 0.3) is 0 Å². The van der Waals surface area contributed by atoms with Gasteiger partial charge in [-0.05, 0) is 26.0 Å². The molecule has 0 bridgehead atoms. The maximum absolute atomic E-state index is 10.2. The molecule has 2 aromatic heterocycles. The smallest absolute Gasteiger partial charge is 0.0937 e. The van der Waals surface area contributed by atoms with Gasteiger partial charge in [0.15, 0.2) is 0 Å². The lowest BCUT2D eigenvalue weighted by molar-refractivity contribution is 0.179. The number of halogens is 1. The molecule has 92 valence electrons. The topological polar surface area (TPSA) is 38.1 Å². The minimum absolute atomic E-state index is 0.496. The van der Waals surface area contributed by atoms with Gasteiger partial charge in [0.05, 0.1) is 22.5 Å². The molecule has 1 atom stereocenters. The molecule has 0 amide bonds. The Kier molecular flexibility index (Phi) is 3.56. The highest BCUT2D eigenvalue weighted by Crippen LogP contribution is 2.28. The third kappa shape index (κ3) is 2.54. The molecule has 1 N–H and O–H groups in total. The Labute approximate surface area is 110 Å². The highest BCUT2D eigenvalue weighted by Gasteiger charge is 2.17. The lowest BCUT2D eigenvalue weighted by Gasteiger charge is -2.09. The van der Waals surface area contributed by atoms with Gasteiger partial charge in [-0.1, -0.05) is 11.6 Å². The van der Waals surface area contributed by atoms with Crippen molar-refractivity contribution < 1.29 is 5.11 Å². The SMILES string of the molecule is Cc1ccc(C(O)Cc2c(Cl)c(C)nn2C)s1. The lowest BCUT2D eigenvalue weighted by Crippen LogP contribution is -2.05. The Bertz CT molecular complexity index is 533. The Morgan fingerprint density at radius 2 is 2.18 bits per heavy atom. The van der Waals surface area contributed by atoms with E-state index in [4.69, 9.17) is 11.6 Å². The van der Waals surface area contributed by atoms with E-state index in [1.54, 1.807) is 16.0 Å². The quantitative estimate of drug-likeness (QED) is 0.931. The first-order valence-corrected chi connectivity index (χ1v) is 6.61. The van der Waals surface area contributed by atoms with Crippen molar-refractivity contribution in [3.63, 3.8) is 0 Å². The summed E-state index contributed by atoms with van der Waals surface area (Å²) in [5, 5.41) is 15.0. The molecule has 5 heteroatoms. The zero-order valence-electron chi connectivity index (χ0n) is 10.1. The second-order valence-corrected chi connectivity index (χ2v) is 5.84. The van der Waals surface area contributed by atoms with Crippen molar-refractivity contribution in [2.45, 2.75) is 26.4 Å². The first-order chi connectivity index (χ1) is 7.99. The number of nitrogens with zero attached hydrogens (tertiary/aromatic N) is 2. The summed E-state index contributed by atoms with van der Waals surface area (Å²) < 4.78 is 1.74. The van der Waals surface area contributed by atoms with Crippen LogP contribution >= 0.6 is 22.9 Å². The van der Waals surface area contributed by atoms with Gasteiger partial charge in [0, 0.05) is 23.2 Å². The van der Waals surface area contributed by atoms with E-state index in [0.717, 1.165) is 16.3 Å². The van der Waals surface area contributed by atoms with Crippen LogP contribution in [0, 0.1) is 13.8 Å². The molecule has 2 aromatic rings. The van der Waals surface area contributed by atoms with Crippen LogP contribution in [-0.4, -0.2) is 14.9 Å². The summed E-state index contributed by atoms with van der Waals surface area (Å²) in [7, 11) is 1.85. The molecular formula is C12H15ClN2OS. The monoisotopic (exact) mass is 270 g/mol. The zero-order valence-corrected chi connectivity index (χ0v) is 11.6. The molecule has 0 aromatic carbocycles.